The number of unbranched alkanes of at least 4 members (excludes halogenated alkanes) is 5. The van der Waals surface area contributed by atoms with Gasteiger partial charge in [0.15, 0.2) is 0 Å². The van der Waals surface area contributed by atoms with Gasteiger partial charge in [0, 0.05) is 95.3 Å². The highest BCUT2D eigenvalue weighted by molar-refractivity contribution is 7.81. The lowest BCUT2D eigenvalue weighted by Crippen LogP contribution is -2.93. The predicted molar refractivity (Wildman–Crippen MR) is 283 cm³/mol. The van der Waals surface area contributed by atoms with Crippen LogP contribution in [-0.2, 0) is 43.2 Å². The van der Waals surface area contributed by atoms with Crippen molar-refractivity contribution in [1.82, 2.24) is 46.2 Å². The monoisotopic (exact) mass is 1130 g/mol. The molecule has 1 aromatic carbocycles. The number of carbonyl (C=O) groups excluding carboxylic acids is 3. The van der Waals surface area contributed by atoms with Gasteiger partial charge >= 0.3 is 47.8 Å². The normalized spacial score (nSPS) is 28.8. The van der Waals surface area contributed by atoms with Crippen LogP contribution in [0.25, 0.3) is 0 Å². The van der Waals surface area contributed by atoms with Crippen molar-refractivity contribution >= 4 is 77.9 Å². The fourth-order valence-electron chi connectivity index (χ4n) is 13.3. The Morgan fingerprint density at radius 2 is 1.04 bits per heavy atom. The minimum atomic E-state index is -2.12. The second-order valence-electron chi connectivity index (χ2n) is 21.1. The number of amides is 4. The van der Waals surface area contributed by atoms with E-state index in [1.807, 2.05) is 4.90 Å². The summed E-state index contributed by atoms with van der Waals surface area (Å²) in [5.41, 5.74) is -3.02. The number of thiol groups is 1. The SMILES string of the molecule is C[C@@H](c1ccc(N[C@@H](S)NCCCCNC(=O)CCCCCCC(=O)NCCCCC(NC(=O)NC(CCC(=O)O)C(=O)O)C(=O)O)cc1)C12[C@H]3CN4CCN5CCN(CCN3[C@@H]1C(=O)O)[C@H](C(=O)O)C2([C@H]5C(=O)O)[C@H]4C(=O)O. The van der Waals surface area contributed by atoms with Crippen molar-refractivity contribution in [1.29, 1.82) is 0 Å². The number of hydrogen-bond donors (Lipinski definition) is 14. The Balaban J connectivity index is 0.889. The van der Waals surface area contributed by atoms with Crippen molar-refractivity contribution in [3.8, 4) is 0 Å². The number of nitrogens with zero attached hydrogens (tertiary/aromatic N) is 4. The smallest absolute Gasteiger partial charge is 0.326 e. The number of rotatable bonds is 33. The second-order valence-corrected chi connectivity index (χ2v) is 21.7. The topological polar surface area (TPSA) is 397 Å². The largest absolute Gasteiger partial charge is 0.481 e. The van der Waals surface area contributed by atoms with Gasteiger partial charge in [0.2, 0.25) is 11.8 Å². The van der Waals surface area contributed by atoms with E-state index in [1.54, 1.807) is 45.9 Å². The number of fused-ring (bicyclic) bond motifs is 3. The summed E-state index contributed by atoms with van der Waals surface area (Å²) in [6.07, 6.45) is 4.68. The summed E-state index contributed by atoms with van der Waals surface area (Å²) >= 11 is 4.65. The van der Waals surface area contributed by atoms with E-state index in [4.69, 9.17) is 5.11 Å². The molecule has 7 rings (SSSR count). The van der Waals surface area contributed by atoms with Crippen LogP contribution in [0.15, 0.2) is 24.3 Å². The zero-order valence-electron chi connectivity index (χ0n) is 44.2. The number of benzene rings is 1. The fourth-order valence-corrected chi connectivity index (χ4v) is 13.6. The first-order valence-electron chi connectivity index (χ1n) is 27.0. The molecule has 0 aromatic heterocycles. The number of anilines is 1. The molecule has 1 spiro atoms. The molecule has 6 fully saturated rings. The van der Waals surface area contributed by atoms with Crippen LogP contribution in [0.4, 0.5) is 10.5 Å². The van der Waals surface area contributed by atoms with Gasteiger partial charge in [-0.2, -0.15) is 0 Å². The molecule has 13 N–H and O–H groups in total. The summed E-state index contributed by atoms with van der Waals surface area (Å²) in [6, 6.07) is -3.63. The minimum Gasteiger partial charge on any atom is -0.481 e. The predicted octanol–water partition coefficient (Wildman–Crippen LogP) is 0.0291. The van der Waals surface area contributed by atoms with Gasteiger partial charge < -0.3 is 62.3 Å². The van der Waals surface area contributed by atoms with E-state index in [2.05, 4.69) is 44.5 Å². The van der Waals surface area contributed by atoms with Crippen LogP contribution in [0.2, 0.25) is 0 Å². The molecule has 4 amide bonds. The van der Waals surface area contributed by atoms with Gasteiger partial charge in [-0.1, -0.05) is 31.9 Å². The standard InChI is InChI=1S/C51H76N10O17S/c1-29(50-34-28-60-25-24-58-22-23-59(26-27-61(34)41(50)47(76)77)39(45(72)73)51(50,38(58)44(70)71)40(60)46(74)75)30-13-15-31(16-14-30)55-49(79)54-21-9-8-20-53-36(63)12-5-3-2-4-11-35(62)52-19-7-6-10-32(42(66)67)56-48(78)57-33(43(68)69)17-18-37(64)65/h13-16,29,32-34,38-41,49,54-55,79H,2-12,17-28H2,1H3,(H,52,62)(H,53,63)(H,64,65)(H,66,67)(H,68,69)(H,70,71)(H,72,73)(H,74,75)(H,76,77)(H2,56,57,78)/t29-,32?,33?,34+,38+,39+,40+,41+,49-,50?,51?/m0/s1. The van der Waals surface area contributed by atoms with Crippen LogP contribution in [-0.4, -0.2) is 228 Å². The molecule has 79 heavy (non-hydrogen) atoms. The number of aliphatic carboxylic acids is 7. The summed E-state index contributed by atoms with van der Waals surface area (Å²) in [4.78, 5) is 132. The van der Waals surface area contributed by atoms with Crippen LogP contribution in [0.3, 0.4) is 0 Å². The van der Waals surface area contributed by atoms with Crippen LogP contribution < -0.4 is 31.9 Å². The number of carbonyl (C=O) groups is 10. The van der Waals surface area contributed by atoms with Crippen molar-refractivity contribution in [3.63, 3.8) is 0 Å². The molecule has 0 radical (unpaired) electrons. The van der Waals surface area contributed by atoms with Gasteiger partial charge in [-0.3, -0.25) is 58.5 Å². The van der Waals surface area contributed by atoms with Gasteiger partial charge in [-0.05, 0) is 81.5 Å². The van der Waals surface area contributed by atoms with E-state index < -0.39 is 119 Å². The lowest BCUT2D eigenvalue weighted by atomic mass is 9.37. The molecule has 8 unspecified atom stereocenters. The number of nitrogens with one attached hydrogen (secondary N) is 6. The maximum atomic E-state index is 13.8. The maximum absolute atomic E-state index is 13.8. The number of urea groups is 1. The number of carboxylic acids is 7. The first-order chi connectivity index (χ1) is 37.6. The van der Waals surface area contributed by atoms with E-state index in [0.717, 1.165) is 19.3 Å². The maximum Gasteiger partial charge on any atom is 0.326 e. The molecule has 0 aliphatic carbocycles. The molecule has 7 bridgehead atoms. The summed E-state index contributed by atoms with van der Waals surface area (Å²) < 4.78 is 0. The summed E-state index contributed by atoms with van der Waals surface area (Å²) in [5.74, 6) is -10.5. The van der Waals surface area contributed by atoms with Crippen molar-refractivity contribution in [3.05, 3.63) is 29.8 Å². The first kappa shape index (κ1) is 61.9. The Hall–Kier alpha value is -6.33. The lowest BCUT2D eigenvalue weighted by Gasteiger charge is -2.78. The highest BCUT2D eigenvalue weighted by Crippen LogP contribution is 2.71. The van der Waals surface area contributed by atoms with Crippen molar-refractivity contribution in [2.45, 2.75) is 144 Å². The van der Waals surface area contributed by atoms with Crippen LogP contribution in [0.1, 0.15) is 102 Å². The van der Waals surface area contributed by atoms with Gasteiger partial charge in [-0.15, -0.1) is 12.6 Å². The molecule has 6 saturated heterocycles. The number of piperidine rings is 1. The molecule has 15 atom stereocenters. The van der Waals surface area contributed by atoms with Gasteiger partial charge in [0.1, 0.15) is 41.7 Å². The third-order valence-corrected chi connectivity index (χ3v) is 16.9. The molecule has 6 aliphatic rings. The lowest BCUT2D eigenvalue weighted by molar-refractivity contribution is -0.302. The zero-order valence-corrected chi connectivity index (χ0v) is 45.1. The highest BCUT2D eigenvalue weighted by Gasteiger charge is 2.86. The Kier molecular flexibility index (Phi) is 21.7. The molecule has 0 saturated carbocycles. The molecule has 27 nitrogen and oxygen atoms in total. The Labute approximate surface area is 461 Å². The van der Waals surface area contributed by atoms with E-state index in [9.17, 15) is 78.6 Å². The van der Waals surface area contributed by atoms with E-state index in [1.165, 1.54) is 0 Å². The molecule has 6 heterocycles. The molecule has 28 heteroatoms. The second kappa shape index (κ2) is 27.7. The van der Waals surface area contributed by atoms with E-state index in [-0.39, 0.29) is 83.4 Å². The summed E-state index contributed by atoms with van der Waals surface area (Å²) in [7, 11) is 0. The third-order valence-electron chi connectivity index (χ3n) is 16.6. The van der Waals surface area contributed by atoms with Crippen LogP contribution in [0.5, 0.6) is 0 Å². The molecule has 1 aromatic rings. The Morgan fingerprint density at radius 3 is 1.54 bits per heavy atom. The van der Waals surface area contributed by atoms with Crippen LogP contribution in [0, 0.1) is 10.8 Å². The first-order valence-corrected chi connectivity index (χ1v) is 27.5. The zero-order chi connectivity index (χ0) is 57.8. The van der Waals surface area contributed by atoms with Crippen molar-refractivity contribution in [2.24, 2.45) is 10.8 Å². The van der Waals surface area contributed by atoms with Gasteiger partial charge in [-0.25, -0.2) is 14.4 Å². The quantitative estimate of drug-likeness (QED) is 0.0251. The van der Waals surface area contributed by atoms with Crippen LogP contribution >= 0.6 is 12.6 Å². The molecule has 6 aliphatic heterocycles. The van der Waals surface area contributed by atoms with Gasteiger partial charge in [0.25, 0.3) is 0 Å². The third kappa shape index (κ3) is 13.8. The molecular weight excluding hydrogens is 1060 g/mol. The summed E-state index contributed by atoms with van der Waals surface area (Å²) in [6.45, 7) is 4.30. The average molecular weight is 1130 g/mol. The molecule has 438 valence electrons. The minimum absolute atomic E-state index is 0.0117. The molecular formula is C51H76N10O17S. The summed E-state index contributed by atoms with van der Waals surface area (Å²) in [5, 5.41) is 88.5. The number of hydrogen-bond acceptors (Lipinski definition) is 17. The van der Waals surface area contributed by atoms with Gasteiger partial charge in [0.05, 0.1) is 5.41 Å². The fraction of sp³-hybridized carbons (Fsp3) is 0.686. The van der Waals surface area contributed by atoms with E-state index >= 15 is 0 Å². The Morgan fingerprint density at radius 1 is 0.570 bits per heavy atom. The van der Waals surface area contributed by atoms with Crippen molar-refractivity contribution < 1.29 is 83.7 Å². The number of carboxylic acid groups (broad SMARTS) is 7. The van der Waals surface area contributed by atoms with Crippen molar-refractivity contribution in [2.75, 3.05) is 70.8 Å². The van der Waals surface area contributed by atoms with E-state index in [0.29, 0.717) is 62.9 Å². The average Bonchev–Trinajstić information content (AvgIpc) is 3.65. The highest BCUT2D eigenvalue weighted by atomic mass is 32.1. The Bertz CT molecular complexity index is 2400.